The maximum absolute atomic E-state index is 13.5. The SMILES string of the molecule is CC(C)[C@H](NC(=O)[C@@H](N)CCCCNC(=O)CCOCCOCCOCCOCCN(C[C@H](O)[C@@H](O)[C@H](O)[C@H](O)CO)C[C@H](O)[C@@H](O)[C@H](O)[C@H](O)CO)C(=O)N[C@@H](CCCNC(N)=O)C(=O)Nc1ccc(CO)cc1. The second kappa shape index (κ2) is 40.0. The first-order chi connectivity index (χ1) is 35.7. The lowest BCUT2D eigenvalue weighted by Crippen LogP contribution is -2.56. The summed E-state index contributed by atoms with van der Waals surface area (Å²) >= 11 is 0. The minimum Gasteiger partial charge on any atom is -0.394 e. The quantitative estimate of drug-likeness (QED) is 0.0270. The Labute approximate surface area is 437 Å². The molecule has 1 aromatic rings. The van der Waals surface area contributed by atoms with Gasteiger partial charge in [-0.15, -0.1) is 0 Å². The topological polar surface area (TPSA) is 460 Å². The standard InChI is InChI=1S/C47H86N8O20/c1-29(2)39(46(70)53-33(7-5-14-51-47(49)71)45(69)52-31-10-8-30(26-56)9-11-31)54-44(68)32(48)6-3-4-13-50-38(63)12-16-72-18-20-74-22-23-75-21-19-73-17-15-55(24-34(59)40(64)42(66)36(61)27-57)25-35(60)41(65)43(67)37(62)28-58/h8-11,29,32-37,39-43,56-62,64-67H,3-7,12-28,48H2,1-2H3,(H,50,63)(H,52,69)(H,53,70)(H,54,68)(H3,49,51,71)/t32-,33-,34-,35-,36+,37+,39-,40+,41+,42+,43+/m0/s1. The van der Waals surface area contributed by atoms with Crippen LogP contribution in [0.5, 0.6) is 0 Å². The molecule has 0 spiro atoms. The predicted octanol–water partition coefficient (Wildman–Crippen LogP) is -6.56. The van der Waals surface area contributed by atoms with Gasteiger partial charge in [0.05, 0.1) is 90.9 Å². The highest BCUT2D eigenvalue weighted by Crippen LogP contribution is 2.14. The average Bonchev–Trinajstić information content (AvgIpc) is 3.38. The summed E-state index contributed by atoms with van der Waals surface area (Å²) < 4.78 is 21.9. The van der Waals surface area contributed by atoms with Gasteiger partial charge >= 0.3 is 6.03 Å². The largest absolute Gasteiger partial charge is 0.394 e. The fraction of sp³-hybridized carbons (Fsp3) is 0.766. The Kier molecular flexibility index (Phi) is 36.6. The number of nitrogens with zero attached hydrogens (tertiary/aromatic N) is 1. The minimum absolute atomic E-state index is 0.00840. The number of ether oxygens (including phenoxy) is 4. The summed E-state index contributed by atoms with van der Waals surface area (Å²) in [6.45, 7) is 2.45. The molecule has 0 heterocycles. The number of urea groups is 1. The molecule has 1 aromatic carbocycles. The molecule has 0 aliphatic rings. The van der Waals surface area contributed by atoms with E-state index in [2.05, 4.69) is 26.6 Å². The molecule has 434 valence electrons. The van der Waals surface area contributed by atoms with Gasteiger partial charge in [-0.3, -0.25) is 24.1 Å². The van der Waals surface area contributed by atoms with Crippen LogP contribution in [0.4, 0.5) is 10.5 Å². The summed E-state index contributed by atoms with van der Waals surface area (Å²) in [5.74, 6) is -2.31. The van der Waals surface area contributed by atoms with Crippen molar-refractivity contribution < 1.29 is 99.1 Å². The molecule has 0 unspecified atom stereocenters. The van der Waals surface area contributed by atoms with Crippen molar-refractivity contribution in [1.29, 1.82) is 0 Å². The monoisotopic (exact) mass is 1080 g/mol. The minimum atomic E-state index is -1.91. The van der Waals surface area contributed by atoms with Crippen LogP contribution < -0.4 is 38.1 Å². The lowest BCUT2D eigenvalue weighted by Gasteiger charge is -2.33. The number of nitrogens with one attached hydrogen (secondary N) is 5. The molecule has 6 amide bonds. The Morgan fingerprint density at radius 3 is 1.57 bits per heavy atom. The van der Waals surface area contributed by atoms with Crippen molar-refractivity contribution in [3.63, 3.8) is 0 Å². The number of unbranched alkanes of at least 4 members (excludes halogenated alkanes) is 1. The molecule has 0 radical (unpaired) electrons. The van der Waals surface area contributed by atoms with Gasteiger partial charge in [-0.2, -0.15) is 0 Å². The fourth-order valence-corrected chi connectivity index (χ4v) is 6.95. The number of carbonyl (C=O) groups excluding carboxylic acids is 5. The van der Waals surface area contributed by atoms with Crippen molar-refractivity contribution in [2.24, 2.45) is 17.4 Å². The van der Waals surface area contributed by atoms with E-state index in [4.69, 9.17) is 40.6 Å². The van der Waals surface area contributed by atoms with Crippen LogP contribution in [0.1, 0.15) is 57.9 Å². The molecule has 20 N–H and O–H groups in total. The summed E-state index contributed by atoms with van der Waals surface area (Å²) in [6.07, 6.45) is -12.7. The summed E-state index contributed by atoms with van der Waals surface area (Å²) in [4.78, 5) is 64.5. The third-order valence-electron chi connectivity index (χ3n) is 11.5. The number of carbonyl (C=O) groups is 5. The molecule has 1 rings (SSSR count). The molecule has 28 nitrogen and oxygen atoms in total. The van der Waals surface area contributed by atoms with Gasteiger partial charge in [0.1, 0.15) is 48.7 Å². The molecule has 0 saturated heterocycles. The van der Waals surface area contributed by atoms with Crippen LogP contribution in [0.25, 0.3) is 0 Å². The molecule has 75 heavy (non-hydrogen) atoms. The van der Waals surface area contributed by atoms with E-state index >= 15 is 0 Å². The molecule has 0 fully saturated rings. The molecule has 0 aliphatic heterocycles. The number of hydrogen-bond donors (Lipinski definition) is 18. The first-order valence-corrected chi connectivity index (χ1v) is 25.0. The molecular weight excluding hydrogens is 997 g/mol. The Balaban J connectivity index is 2.34. The van der Waals surface area contributed by atoms with Crippen molar-refractivity contribution >= 4 is 35.3 Å². The molecule has 0 saturated carbocycles. The number of rotatable bonds is 44. The molecule has 0 aromatic heterocycles. The van der Waals surface area contributed by atoms with Crippen LogP contribution in [0, 0.1) is 5.92 Å². The number of hydrogen-bond acceptors (Lipinski definition) is 22. The molecule has 0 aliphatic carbocycles. The lowest BCUT2D eigenvalue weighted by molar-refractivity contribution is -0.132. The molecule has 28 heteroatoms. The van der Waals surface area contributed by atoms with Crippen molar-refractivity contribution in [2.45, 2.75) is 126 Å². The Morgan fingerprint density at radius 2 is 1.08 bits per heavy atom. The third-order valence-corrected chi connectivity index (χ3v) is 11.5. The summed E-state index contributed by atoms with van der Waals surface area (Å²) in [6, 6.07) is 2.74. The first kappa shape index (κ1) is 68.7. The summed E-state index contributed by atoms with van der Waals surface area (Å²) in [5.41, 5.74) is 12.4. The van der Waals surface area contributed by atoms with Gasteiger partial charge in [-0.25, -0.2) is 4.79 Å². The lowest BCUT2D eigenvalue weighted by atomic mass is 10.0. The zero-order chi connectivity index (χ0) is 56.3. The van der Waals surface area contributed by atoms with Crippen molar-refractivity contribution in [2.75, 3.05) is 104 Å². The Hall–Kier alpha value is -4.31. The number of aliphatic hydroxyl groups is 11. The van der Waals surface area contributed by atoms with Crippen molar-refractivity contribution in [3.8, 4) is 0 Å². The second-order valence-corrected chi connectivity index (χ2v) is 18.1. The summed E-state index contributed by atoms with van der Waals surface area (Å²) in [7, 11) is 0. The second-order valence-electron chi connectivity index (χ2n) is 18.1. The predicted molar refractivity (Wildman–Crippen MR) is 268 cm³/mol. The number of benzene rings is 1. The van der Waals surface area contributed by atoms with E-state index in [9.17, 15) is 69.9 Å². The average molecular weight is 1080 g/mol. The highest BCUT2D eigenvalue weighted by molar-refractivity contribution is 5.98. The van der Waals surface area contributed by atoms with Crippen molar-refractivity contribution in [1.82, 2.24) is 26.2 Å². The van der Waals surface area contributed by atoms with E-state index in [0.717, 1.165) is 0 Å². The van der Waals surface area contributed by atoms with Crippen LogP contribution in [-0.2, 0) is 44.7 Å². The Bertz CT molecular complexity index is 1700. The zero-order valence-corrected chi connectivity index (χ0v) is 43.0. The van der Waals surface area contributed by atoms with Crippen molar-refractivity contribution in [3.05, 3.63) is 29.8 Å². The molecule has 0 bridgehead atoms. The van der Waals surface area contributed by atoms with E-state index < -0.39 is 117 Å². The zero-order valence-electron chi connectivity index (χ0n) is 43.0. The van der Waals surface area contributed by atoms with Crippen LogP contribution in [0.2, 0.25) is 0 Å². The van der Waals surface area contributed by atoms with Gasteiger partial charge in [-0.1, -0.05) is 26.0 Å². The van der Waals surface area contributed by atoms with Gasteiger partial charge in [0.15, 0.2) is 0 Å². The molecular formula is C47H86N8O20. The number of aliphatic hydroxyl groups excluding tert-OH is 11. The van der Waals surface area contributed by atoms with E-state index in [-0.39, 0.29) is 104 Å². The Morgan fingerprint density at radius 1 is 0.587 bits per heavy atom. The third kappa shape index (κ3) is 29.7. The number of primary amides is 1. The van der Waals surface area contributed by atoms with Gasteiger partial charge in [0.25, 0.3) is 0 Å². The van der Waals surface area contributed by atoms with Gasteiger partial charge in [0.2, 0.25) is 23.6 Å². The van der Waals surface area contributed by atoms with E-state index in [0.29, 0.717) is 37.1 Å². The van der Waals surface area contributed by atoms with Gasteiger partial charge in [-0.05, 0) is 55.7 Å². The van der Waals surface area contributed by atoms with E-state index in [1.807, 2.05) is 0 Å². The van der Waals surface area contributed by atoms with Gasteiger partial charge < -0.3 is 113 Å². The summed E-state index contributed by atoms with van der Waals surface area (Å²) in [5, 5.41) is 121. The van der Waals surface area contributed by atoms with Crippen LogP contribution in [0.3, 0.4) is 0 Å². The maximum Gasteiger partial charge on any atom is 0.312 e. The smallest absolute Gasteiger partial charge is 0.312 e. The van der Waals surface area contributed by atoms with E-state index in [1.165, 1.54) is 4.90 Å². The highest BCUT2D eigenvalue weighted by atomic mass is 16.6. The first-order valence-electron chi connectivity index (χ1n) is 25.0. The number of anilines is 1. The maximum atomic E-state index is 13.5. The number of amides is 6. The van der Waals surface area contributed by atoms with Crippen LogP contribution in [0.15, 0.2) is 24.3 Å². The van der Waals surface area contributed by atoms with Crippen LogP contribution >= 0.6 is 0 Å². The van der Waals surface area contributed by atoms with Crippen LogP contribution in [-0.4, -0.2) is 256 Å². The number of nitrogens with two attached hydrogens (primary N) is 2. The highest BCUT2D eigenvalue weighted by Gasteiger charge is 2.35. The molecule has 11 atom stereocenters. The van der Waals surface area contributed by atoms with E-state index in [1.54, 1.807) is 38.1 Å². The van der Waals surface area contributed by atoms with Gasteiger partial charge in [0, 0.05) is 44.8 Å². The normalized spacial score (nSPS) is 16.2. The fourth-order valence-electron chi connectivity index (χ4n) is 6.95.